The third kappa shape index (κ3) is 3.38. The molecule has 0 amide bonds. The van der Waals surface area contributed by atoms with Crippen LogP contribution in [-0.2, 0) is 0 Å². The van der Waals surface area contributed by atoms with Crippen LogP contribution in [-0.4, -0.2) is 25.3 Å². The summed E-state index contributed by atoms with van der Waals surface area (Å²) in [4.78, 5) is 8.51. The number of hydrogen-bond acceptors (Lipinski definition) is 7. The van der Waals surface area contributed by atoms with Crippen LogP contribution in [0.4, 0.5) is 0 Å². The van der Waals surface area contributed by atoms with Gasteiger partial charge in [0.05, 0.1) is 12.1 Å². The first kappa shape index (κ1) is 16.4. The van der Waals surface area contributed by atoms with E-state index in [1.807, 2.05) is 26.0 Å². The van der Waals surface area contributed by atoms with Gasteiger partial charge < -0.3 is 8.94 Å². The number of rotatable bonds is 5. The Morgan fingerprint density at radius 2 is 2.04 bits per heavy atom. The molecule has 0 saturated heterocycles. The number of hydrogen-bond donors (Lipinski definition) is 2. The third-order valence-electron chi connectivity index (χ3n) is 3.79. The van der Waals surface area contributed by atoms with Gasteiger partial charge in [0.15, 0.2) is 5.82 Å². The van der Waals surface area contributed by atoms with E-state index in [-0.39, 0.29) is 17.5 Å². The Morgan fingerprint density at radius 3 is 2.62 bits per heavy atom. The van der Waals surface area contributed by atoms with Crippen LogP contribution in [0.15, 0.2) is 27.4 Å². The molecule has 0 unspecified atom stereocenters. The van der Waals surface area contributed by atoms with Gasteiger partial charge in [0.1, 0.15) is 17.8 Å². The first-order valence-electron chi connectivity index (χ1n) is 7.86. The van der Waals surface area contributed by atoms with Crippen molar-refractivity contribution in [3.8, 4) is 11.6 Å². The number of nitrogens with zero attached hydrogens (tertiary/aromatic N) is 4. The van der Waals surface area contributed by atoms with Gasteiger partial charge in [0.25, 0.3) is 0 Å². The first-order chi connectivity index (χ1) is 11.3. The Morgan fingerprint density at radius 1 is 1.25 bits per heavy atom. The van der Waals surface area contributed by atoms with Crippen LogP contribution in [0.3, 0.4) is 0 Å². The normalized spacial score (nSPS) is 14.7. The zero-order valence-corrected chi connectivity index (χ0v) is 14.5. The van der Waals surface area contributed by atoms with E-state index in [2.05, 4.69) is 51.4 Å². The quantitative estimate of drug-likeness (QED) is 0.740. The lowest BCUT2D eigenvalue weighted by Gasteiger charge is -2.30. The van der Waals surface area contributed by atoms with E-state index in [0.717, 1.165) is 11.5 Å². The lowest BCUT2D eigenvalue weighted by Crippen LogP contribution is -2.34. The third-order valence-corrected chi connectivity index (χ3v) is 3.79. The lowest BCUT2D eigenvalue weighted by molar-refractivity contribution is 0.193. The highest BCUT2D eigenvalue weighted by molar-refractivity contribution is 5.39. The minimum absolute atomic E-state index is 0.00329. The molecule has 3 aromatic rings. The van der Waals surface area contributed by atoms with Gasteiger partial charge in [-0.05, 0) is 31.4 Å². The van der Waals surface area contributed by atoms with Crippen LogP contribution in [0.1, 0.15) is 57.2 Å². The number of H-pyrrole nitrogens is 1. The summed E-state index contributed by atoms with van der Waals surface area (Å²) in [5.74, 6) is 3.13. The van der Waals surface area contributed by atoms with E-state index in [0.29, 0.717) is 17.5 Å². The van der Waals surface area contributed by atoms with Gasteiger partial charge in [0, 0.05) is 0 Å². The molecule has 8 nitrogen and oxygen atoms in total. The maximum absolute atomic E-state index is 5.71. The number of furan rings is 1. The van der Waals surface area contributed by atoms with Crippen LogP contribution < -0.4 is 5.32 Å². The number of aryl methyl sites for hydroxylation is 1. The van der Waals surface area contributed by atoms with Crippen molar-refractivity contribution in [1.82, 2.24) is 30.6 Å². The zero-order chi connectivity index (χ0) is 17.3. The van der Waals surface area contributed by atoms with Crippen molar-refractivity contribution in [2.24, 2.45) is 5.41 Å². The van der Waals surface area contributed by atoms with Crippen molar-refractivity contribution in [1.29, 1.82) is 0 Å². The fourth-order valence-corrected chi connectivity index (χ4v) is 2.47. The molecule has 2 atom stereocenters. The van der Waals surface area contributed by atoms with E-state index in [1.54, 1.807) is 0 Å². The Kier molecular flexibility index (Phi) is 4.23. The van der Waals surface area contributed by atoms with E-state index >= 15 is 0 Å². The van der Waals surface area contributed by atoms with Crippen LogP contribution in [0.25, 0.3) is 11.6 Å². The summed E-state index contributed by atoms with van der Waals surface area (Å²) < 4.78 is 11.2. The zero-order valence-electron chi connectivity index (χ0n) is 14.5. The van der Waals surface area contributed by atoms with E-state index in [9.17, 15) is 0 Å². The molecule has 0 fully saturated rings. The summed E-state index contributed by atoms with van der Waals surface area (Å²) in [5.41, 5.74) is -0.138. The second-order valence-corrected chi connectivity index (χ2v) is 6.93. The fourth-order valence-electron chi connectivity index (χ4n) is 2.47. The second-order valence-electron chi connectivity index (χ2n) is 6.93. The molecule has 0 aliphatic heterocycles. The highest BCUT2D eigenvalue weighted by Gasteiger charge is 2.33. The summed E-state index contributed by atoms with van der Waals surface area (Å²) in [5, 5.41) is 14.1. The molecule has 8 heteroatoms. The second kappa shape index (κ2) is 6.20. The van der Waals surface area contributed by atoms with Crippen molar-refractivity contribution in [3.63, 3.8) is 0 Å². The van der Waals surface area contributed by atoms with Crippen LogP contribution in [0, 0.1) is 12.3 Å². The van der Waals surface area contributed by atoms with Crippen LogP contribution in [0.2, 0.25) is 0 Å². The van der Waals surface area contributed by atoms with Gasteiger partial charge in [-0.1, -0.05) is 25.9 Å². The van der Waals surface area contributed by atoms with Crippen molar-refractivity contribution < 1.29 is 8.94 Å². The van der Waals surface area contributed by atoms with E-state index < -0.39 is 0 Å². The Labute approximate surface area is 140 Å². The fraction of sp³-hybridized carbons (Fsp3) is 0.500. The van der Waals surface area contributed by atoms with Gasteiger partial charge in [0.2, 0.25) is 11.7 Å². The SMILES string of the molecule is Cc1ccc([C@@H](C)N[C@@H](c2nc(-c3ncn[nH]3)no2)C(C)(C)C)o1. The summed E-state index contributed by atoms with van der Waals surface area (Å²) in [7, 11) is 0. The summed E-state index contributed by atoms with van der Waals surface area (Å²) in [6.07, 6.45) is 1.41. The monoisotopic (exact) mass is 330 g/mol. The number of aromatic amines is 1. The predicted molar refractivity (Wildman–Crippen MR) is 86.9 cm³/mol. The average Bonchev–Trinajstić information content (AvgIpc) is 3.23. The Bertz CT molecular complexity index is 784. The standard InChI is InChI=1S/C16H22N6O2/c1-9-6-7-11(23-9)10(2)19-12(16(3,4)5)15-20-14(22-24-15)13-17-8-18-21-13/h6-8,10,12,19H,1-5H3,(H,17,18,21)/t10-,12+/m1/s1. The topological polar surface area (TPSA) is 106 Å². The molecule has 128 valence electrons. The molecule has 0 aliphatic carbocycles. The smallest absolute Gasteiger partial charge is 0.244 e. The highest BCUT2D eigenvalue weighted by Crippen LogP contribution is 2.34. The molecule has 3 rings (SSSR count). The number of aromatic nitrogens is 5. The minimum Gasteiger partial charge on any atom is -0.465 e. The number of nitrogens with one attached hydrogen (secondary N) is 2. The molecule has 0 aromatic carbocycles. The first-order valence-corrected chi connectivity index (χ1v) is 7.86. The van der Waals surface area contributed by atoms with Gasteiger partial charge in [-0.3, -0.25) is 10.4 Å². The van der Waals surface area contributed by atoms with Gasteiger partial charge >= 0.3 is 0 Å². The van der Waals surface area contributed by atoms with Gasteiger partial charge in [-0.25, -0.2) is 4.98 Å². The molecule has 3 aromatic heterocycles. The van der Waals surface area contributed by atoms with Crippen molar-refractivity contribution in [2.45, 2.75) is 46.7 Å². The molecular weight excluding hydrogens is 308 g/mol. The molecule has 0 radical (unpaired) electrons. The maximum Gasteiger partial charge on any atom is 0.244 e. The summed E-state index contributed by atoms with van der Waals surface area (Å²) >= 11 is 0. The largest absolute Gasteiger partial charge is 0.465 e. The van der Waals surface area contributed by atoms with E-state index in [4.69, 9.17) is 8.94 Å². The van der Waals surface area contributed by atoms with Crippen molar-refractivity contribution in [3.05, 3.63) is 35.9 Å². The Balaban J connectivity index is 1.85. The maximum atomic E-state index is 5.71. The molecule has 24 heavy (non-hydrogen) atoms. The lowest BCUT2D eigenvalue weighted by atomic mass is 9.86. The van der Waals surface area contributed by atoms with Crippen LogP contribution >= 0.6 is 0 Å². The average molecular weight is 330 g/mol. The van der Waals surface area contributed by atoms with Crippen LogP contribution in [0.5, 0.6) is 0 Å². The Hall–Kier alpha value is -2.48. The molecule has 0 spiro atoms. The molecule has 2 N–H and O–H groups in total. The summed E-state index contributed by atoms with van der Waals surface area (Å²) in [6, 6.07) is 3.78. The van der Waals surface area contributed by atoms with Crippen molar-refractivity contribution >= 4 is 0 Å². The van der Waals surface area contributed by atoms with Crippen molar-refractivity contribution in [2.75, 3.05) is 0 Å². The molecular formula is C16H22N6O2. The van der Waals surface area contributed by atoms with Gasteiger partial charge in [-0.2, -0.15) is 10.1 Å². The predicted octanol–water partition coefficient (Wildman–Crippen LogP) is 3.19. The van der Waals surface area contributed by atoms with Gasteiger partial charge in [-0.15, -0.1) is 0 Å². The molecule has 3 heterocycles. The molecule has 0 saturated carbocycles. The van der Waals surface area contributed by atoms with E-state index in [1.165, 1.54) is 6.33 Å². The molecule has 0 aliphatic rings. The summed E-state index contributed by atoms with van der Waals surface area (Å²) in [6.45, 7) is 10.3. The molecule has 0 bridgehead atoms. The highest BCUT2D eigenvalue weighted by atomic mass is 16.5. The minimum atomic E-state index is -0.151.